The Bertz CT molecular complexity index is 1530. The van der Waals surface area contributed by atoms with Gasteiger partial charge in [-0.05, 0) is 56.0 Å². The zero-order valence-electron chi connectivity index (χ0n) is 28.1. The van der Waals surface area contributed by atoms with Gasteiger partial charge in [0.2, 0.25) is 11.8 Å². The van der Waals surface area contributed by atoms with Crippen molar-refractivity contribution in [3.63, 3.8) is 0 Å². The Morgan fingerprint density at radius 2 is 1.79 bits per heavy atom. The Balaban J connectivity index is 1.62. The Hall–Kier alpha value is -3.96. The molecule has 0 unspecified atom stereocenters. The number of benzene rings is 2. The second-order valence-corrected chi connectivity index (χ2v) is 13.8. The van der Waals surface area contributed by atoms with Crippen molar-refractivity contribution in [1.82, 2.24) is 10.6 Å². The third-order valence-electron chi connectivity index (χ3n) is 8.49. The number of methoxy groups -OCH3 is 1. The number of cyclic esters (lactones) is 2. The fourth-order valence-corrected chi connectivity index (χ4v) is 5.79. The van der Waals surface area contributed by atoms with Gasteiger partial charge in [0.1, 0.15) is 29.8 Å². The summed E-state index contributed by atoms with van der Waals surface area (Å²) in [5, 5.41) is 5.83. The summed E-state index contributed by atoms with van der Waals surface area (Å²) < 4.78 is 37.3. The second-order valence-electron chi connectivity index (χ2n) is 13.4. The van der Waals surface area contributed by atoms with Crippen LogP contribution in [0.15, 0.2) is 54.6 Å². The minimum absolute atomic E-state index is 0.0207. The lowest BCUT2D eigenvalue weighted by Crippen LogP contribution is -2.51. The summed E-state index contributed by atoms with van der Waals surface area (Å²) in [6, 6.07) is 10.4. The van der Waals surface area contributed by atoms with Crippen LogP contribution in [0.25, 0.3) is 0 Å². The van der Waals surface area contributed by atoms with Crippen LogP contribution >= 0.6 is 11.6 Å². The van der Waals surface area contributed by atoms with Crippen molar-refractivity contribution in [2.75, 3.05) is 13.7 Å². The number of esters is 2. The summed E-state index contributed by atoms with van der Waals surface area (Å²) >= 11 is 6.31. The van der Waals surface area contributed by atoms with Gasteiger partial charge in [-0.2, -0.15) is 0 Å². The minimum atomic E-state index is -1.23. The molecule has 0 bridgehead atoms. The topological polar surface area (TPSA) is 133 Å². The van der Waals surface area contributed by atoms with E-state index in [1.807, 2.05) is 20.8 Å². The van der Waals surface area contributed by atoms with Gasteiger partial charge < -0.3 is 29.6 Å². The van der Waals surface area contributed by atoms with E-state index in [-0.39, 0.29) is 31.7 Å². The molecule has 1 fully saturated rings. The predicted molar refractivity (Wildman–Crippen MR) is 177 cm³/mol. The van der Waals surface area contributed by atoms with Crippen molar-refractivity contribution < 1.29 is 42.5 Å². The summed E-state index contributed by atoms with van der Waals surface area (Å²) in [6.45, 7) is 8.65. The summed E-state index contributed by atoms with van der Waals surface area (Å²) in [5.41, 5.74) is -0.161. The molecule has 1 saturated heterocycles. The van der Waals surface area contributed by atoms with Crippen molar-refractivity contribution in [2.24, 2.45) is 17.3 Å². The maximum atomic E-state index is 14.5. The number of hydrogen-bond donors (Lipinski definition) is 2. The minimum Gasteiger partial charge on any atom is -0.495 e. The number of nitrogens with one attached hydrogen (secondary N) is 2. The van der Waals surface area contributed by atoms with Crippen molar-refractivity contribution in [3.8, 4) is 5.75 Å². The van der Waals surface area contributed by atoms with E-state index in [1.54, 1.807) is 56.3 Å². The molecule has 12 heteroatoms. The molecule has 2 aromatic rings. The molecule has 2 heterocycles. The Morgan fingerprint density at radius 1 is 1.06 bits per heavy atom. The molecule has 2 aromatic carbocycles. The molecule has 2 N–H and O–H groups in total. The third-order valence-corrected chi connectivity index (χ3v) is 8.79. The predicted octanol–water partition coefficient (Wildman–Crippen LogP) is 5.26. The standard InChI is InChI=1S/C36H44ClFN2O8/c1-20(2)16-29-34(43)46-27(21(3)31-32(48-31)23-10-7-8-11-25(23)38)12-9-13-30(41)40-26(18-22-14-15-28(45-6)24(37)17-22)33(42)39-19-36(4,5)35(44)47-29/h7-11,13-15,17,20-21,26-27,29,31-32H,12,16,18-19H2,1-6H3,(H,39,42)(H,40,41)/b13-9+/t21-,26+,27-,29-,31+,32+/m0/s1. The summed E-state index contributed by atoms with van der Waals surface area (Å²) in [5.74, 6) is -2.88. The van der Waals surface area contributed by atoms with Crippen LogP contribution in [0.4, 0.5) is 4.39 Å². The van der Waals surface area contributed by atoms with E-state index in [4.69, 9.17) is 30.5 Å². The third kappa shape index (κ3) is 9.56. The zero-order valence-corrected chi connectivity index (χ0v) is 28.8. The molecular weight excluding hydrogens is 643 g/mol. The first kappa shape index (κ1) is 36.9. The SMILES string of the molecule is COc1ccc(C[C@H]2NC(=O)/C=C/C[C@@H]([C@H](C)[C@H]3O[C@@H]3c3ccccc3F)OC(=O)[C@H](CC(C)C)OC(=O)C(C)(C)CNC2=O)cc1Cl. The van der Waals surface area contributed by atoms with Gasteiger partial charge in [0.15, 0.2) is 6.10 Å². The van der Waals surface area contributed by atoms with Gasteiger partial charge in [0, 0.05) is 30.9 Å². The van der Waals surface area contributed by atoms with Gasteiger partial charge >= 0.3 is 11.9 Å². The van der Waals surface area contributed by atoms with E-state index < -0.39 is 71.4 Å². The lowest BCUT2D eigenvalue weighted by molar-refractivity contribution is -0.179. The Labute approximate surface area is 285 Å². The van der Waals surface area contributed by atoms with Crippen molar-refractivity contribution in [2.45, 2.75) is 84.3 Å². The van der Waals surface area contributed by atoms with E-state index in [1.165, 1.54) is 19.3 Å². The zero-order chi connectivity index (χ0) is 35.2. The number of hydrogen-bond acceptors (Lipinski definition) is 8. The number of amides is 2. The highest BCUT2D eigenvalue weighted by Crippen LogP contribution is 2.46. The summed E-state index contributed by atoms with van der Waals surface area (Å²) in [4.78, 5) is 53.6. The number of halogens is 2. The van der Waals surface area contributed by atoms with E-state index in [9.17, 15) is 23.6 Å². The van der Waals surface area contributed by atoms with E-state index in [2.05, 4.69) is 10.6 Å². The first-order valence-electron chi connectivity index (χ1n) is 16.1. The van der Waals surface area contributed by atoms with Crippen LogP contribution in [0.2, 0.25) is 5.02 Å². The molecular formula is C36H44ClFN2O8. The molecule has 0 aromatic heterocycles. The van der Waals surface area contributed by atoms with Gasteiger partial charge in [0.05, 0.1) is 23.7 Å². The van der Waals surface area contributed by atoms with Gasteiger partial charge in [0.25, 0.3) is 0 Å². The lowest BCUT2D eigenvalue weighted by atomic mass is 9.92. The molecule has 48 heavy (non-hydrogen) atoms. The summed E-state index contributed by atoms with van der Waals surface area (Å²) in [7, 11) is 1.49. The highest BCUT2D eigenvalue weighted by molar-refractivity contribution is 6.32. The number of rotatable bonds is 8. The van der Waals surface area contributed by atoms with Crippen LogP contribution in [0.3, 0.4) is 0 Å². The van der Waals surface area contributed by atoms with E-state index in [0.717, 1.165) is 0 Å². The number of ether oxygens (including phenoxy) is 4. The molecule has 6 atom stereocenters. The van der Waals surface area contributed by atoms with Crippen molar-refractivity contribution in [3.05, 3.63) is 76.6 Å². The molecule has 2 aliphatic rings. The van der Waals surface area contributed by atoms with Crippen molar-refractivity contribution >= 4 is 35.4 Å². The average molecular weight is 687 g/mol. The maximum absolute atomic E-state index is 14.5. The molecule has 0 aliphatic carbocycles. The molecule has 0 saturated carbocycles. The Morgan fingerprint density at radius 3 is 2.46 bits per heavy atom. The highest BCUT2D eigenvalue weighted by Gasteiger charge is 2.49. The maximum Gasteiger partial charge on any atom is 0.347 e. The smallest absolute Gasteiger partial charge is 0.347 e. The molecule has 0 spiro atoms. The van der Waals surface area contributed by atoms with Gasteiger partial charge in [-0.25, -0.2) is 9.18 Å². The van der Waals surface area contributed by atoms with Gasteiger partial charge in [-0.1, -0.05) is 62.7 Å². The number of carbonyl (C=O) groups excluding carboxylic acids is 4. The van der Waals surface area contributed by atoms with Crippen LogP contribution in [-0.2, 0) is 39.8 Å². The van der Waals surface area contributed by atoms with Gasteiger partial charge in [-0.15, -0.1) is 0 Å². The van der Waals surface area contributed by atoms with Gasteiger partial charge in [-0.3, -0.25) is 14.4 Å². The van der Waals surface area contributed by atoms with Crippen LogP contribution in [0, 0.1) is 23.1 Å². The monoisotopic (exact) mass is 686 g/mol. The average Bonchev–Trinajstić information content (AvgIpc) is 3.82. The largest absolute Gasteiger partial charge is 0.495 e. The fourth-order valence-electron chi connectivity index (χ4n) is 5.51. The van der Waals surface area contributed by atoms with E-state index in [0.29, 0.717) is 21.9 Å². The summed E-state index contributed by atoms with van der Waals surface area (Å²) in [6.07, 6.45) is 0.227. The van der Waals surface area contributed by atoms with Crippen LogP contribution in [0.1, 0.15) is 64.7 Å². The molecule has 0 radical (unpaired) electrons. The van der Waals surface area contributed by atoms with Crippen LogP contribution in [0.5, 0.6) is 5.75 Å². The molecule has 260 valence electrons. The lowest BCUT2D eigenvalue weighted by Gasteiger charge is -2.29. The first-order chi connectivity index (χ1) is 22.7. The first-order valence-corrected chi connectivity index (χ1v) is 16.5. The normalized spacial score (nSPS) is 26.5. The number of carbonyl (C=O) groups is 4. The molecule has 4 rings (SSSR count). The molecule has 2 amide bonds. The van der Waals surface area contributed by atoms with Crippen LogP contribution in [-0.4, -0.2) is 61.8 Å². The highest BCUT2D eigenvalue weighted by atomic mass is 35.5. The quantitative estimate of drug-likeness (QED) is 0.284. The van der Waals surface area contributed by atoms with Crippen LogP contribution < -0.4 is 15.4 Å². The second kappa shape index (κ2) is 16.0. The van der Waals surface area contributed by atoms with E-state index >= 15 is 0 Å². The molecule has 10 nitrogen and oxygen atoms in total. The molecule has 2 aliphatic heterocycles. The fraction of sp³-hybridized carbons (Fsp3) is 0.500. The van der Waals surface area contributed by atoms with Crippen molar-refractivity contribution in [1.29, 1.82) is 0 Å². The Kier molecular flexibility index (Phi) is 12.3. The number of epoxide rings is 1.